The van der Waals surface area contributed by atoms with E-state index in [-0.39, 0.29) is 11.3 Å². The van der Waals surface area contributed by atoms with E-state index in [1.165, 1.54) is 11.3 Å². The molecule has 3 aromatic rings. The van der Waals surface area contributed by atoms with Crippen molar-refractivity contribution in [3.63, 3.8) is 0 Å². The number of aromatic hydroxyl groups is 1. The molecule has 0 fully saturated rings. The van der Waals surface area contributed by atoms with Gasteiger partial charge in [0.2, 0.25) is 0 Å². The zero-order valence-electron chi connectivity index (χ0n) is 12.1. The van der Waals surface area contributed by atoms with Crippen molar-refractivity contribution in [3.8, 4) is 5.75 Å². The smallest absolute Gasteiger partial charge is 0.265 e. The van der Waals surface area contributed by atoms with E-state index in [0.29, 0.717) is 15.9 Å². The molecule has 2 heterocycles. The second kappa shape index (κ2) is 5.31. The molecule has 3 N–H and O–H groups in total. The van der Waals surface area contributed by atoms with E-state index in [1.54, 1.807) is 17.5 Å². The van der Waals surface area contributed by atoms with Crippen LogP contribution in [-0.4, -0.2) is 16.0 Å². The van der Waals surface area contributed by atoms with Crippen LogP contribution in [0.1, 0.15) is 21.5 Å². The minimum absolute atomic E-state index is 0.270. The molecule has 22 heavy (non-hydrogen) atoms. The third kappa shape index (κ3) is 2.37. The molecule has 0 unspecified atom stereocenters. The van der Waals surface area contributed by atoms with Crippen molar-refractivity contribution in [2.24, 2.45) is 0 Å². The van der Waals surface area contributed by atoms with Gasteiger partial charge in [-0.15, -0.1) is 11.3 Å². The van der Waals surface area contributed by atoms with E-state index >= 15 is 0 Å². The molecule has 2 aromatic heterocycles. The lowest BCUT2D eigenvalue weighted by Gasteiger charge is -2.08. The molecule has 0 saturated heterocycles. The van der Waals surface area contributed by atoms with E-state index in [4.69, 9.17) is 0 Å². The average molecular weight is 314 g/mol. The van der Waals surface area contributed by atoms with Crippen molar-refractivity contribution in [2.75, 3.05) is 5.32 Å². The number of amides is 1. The number of rotatable bonds is 2. The summed E-state index contributed by atoms with van der Waals surface area (Å²) in [6, 6.07) is 7.15. The number of aromatic nitrogens is 1. The first kappa shape index (κ1) is 14.3. The van der Waals surface area contributed by atoms with E-state index in [2.05, 4.69) is 10.3 Å². The van der Waals surface area contributed by atoms with Gasteiger partial charge in [-0.1, -0.05) is 6.07 Å². The largest absolute Gasteiger partial charge is 0.505 e. The predicted molar refractivity (Wildman–Crippen MR) is 88.0 cm³/mol. The number of nitrogens with one attached hydrogen (secondary N) is 2. The maximum atomic E-state index is 12.3. The Hall–Kier alpha value is -2.60. The minimum atomic E-state index is -0.627. The summed E-state index contributed by atoms with van der Waals surface area (Å²) >= 11 is 1.26. The number of aryl methyl sites for hydroxylation is 2. The molecule has 0 aliphatic heterocycles. The van der Waals surface area contributed by atoms with Crippen molar-refractivity contribution in [1.29, 1.82) is 0 Å². The molecule has 0 atom stereocenters. The predicted octanol–water partition coefficient (Wildman–Crippen LogP) is 3.16. The van der Waals surface area contributed by atoms with Crippen molar-refractivity contribution < 1.29 is 9.90 Å². The van der Waals surface area contributed by atoms with Crippen LogP contribution >= 0.6 is 11.3 Å². The summed E-state index contributed by atoms with van der Waals surface area (Å²) in [7, 11) is 0. The van der Waals surface area contributed by atoms with Crippen LogP contribution in [0.25, 0.3) is 10.2 Å². The van der Waals surface area contributed by atoms with Crippen LogP contribution in [0, 0.1) is 13.8 Å². The molecule has 0 spiro atoms. The number of thiophene rings is 1. The standard InChI is InChI=1S/C16H14N2O3S/c1-8-3-4-10(7-9(8)2)17-15(20)12-13(19)14-11(5-6-22-14)18-16(12)21/h3-7H,1-2H3,(H,17,20)(H2,18,19,21). The fourth-order valence-corrected chi connectivity index (χ4v) is 3.02. The van der Waals surface area contributed by atoms with Crippen LogP contribution in [0.15, 0.2) is 34.4 Å². The SMILES string of the molecule is Cc1ccc(NC(=O)c2c(O)c3sccc3[nH]c2=O)cc1C. The van der Waals surface area contributed by atoms with Gasteiger partial charge in [0.05, 0.1) is 10.2 Å². The Bertz CT molecular complexity index is 940. The Labute approximate surface area is 130 Å². The number of carbonyl (C=O) groups is 1. The Kier molecular flexibility index (Phi) is 3.46. The molecule has 6 heteroatoms. The molecular weight excluding hydrogens is 300 g/mol. The normalized spacial score (nSPS) is 10.8. The highest BCUT2D eigenvalue weighted by Crippen LogP contribution is 2.29. The van der Waals surface area contributed by atoms with Gasteiger partial charge in [0.25, 0.3) is 11.5 Å². The van der Waals surface area contributed by atoms with Gasteiger partial charge in [-0.05, 0) is 48.6 Å². The van der Waals surface area contributed by atoms with Gasteiger partial charge in [0.15, 0.2) is 5.75 Å². The summed E-state index contributed by atoms with van der Waals surface area (Å²) < 4.78 is 0.491. The number of hydrogen-bond acceptors (Lipinski definition) is 4. The van der Waals surface area contributed by atoms with E-state index in [9.17, 15) is 14.7 Å². The van der Waals surface area contributed by atoms with Crippen molar-refractivity contribution >= 4 is 33.1 Å². The molecule has 0 aliphatic carbocycles. The molecule has 0 aliphatic rings. The van der Waals surface area contributed by atoms with Gasteiger partial charge in [0.1, 0.15) is 5.56 Å². The first-order chi connectivity index (χ1) is 10.5. The molecule has 3 rings (SSSR count). The van der Waals surface area contributed by atoms with E-state index in [1.807, 2.05) is 26.0 Å². The Morgan fingerprint density at radius 2 is 2.00 bits per heavy atom. The lowest BCUT2D eigenvalue weighted by Crippen LogP contribution is -2.23. The van der Waals surface area contributed by atoms with E-state index in [0.717, 1.165) is 11.1 Å². The lowest BCUT2D eigenvalue weighted by atomic mass is 10.1. The maximum absolute atomic E-state index is 12.3. The Morgan fingerprint density at radius 1 is 1.23 bits per heavy atom. The number of benzene rings is 1. The van der Waals surface area contributed by atoms with Crippen LogP contribution < -0.4 is 10.9 Å². The number of carbonyl (C=O) groups excluding carboxylic acids is 1. The summed E-state index contributed by atoms with van der Waals surface area (Å²) in [5.41, 5.74) is 2.37. The maximum Gasteiger partial charge on any atom is 0.265 e. The summed E-state index contributed by atoms with van der Waals surface area (Å²) in [5, 5.41) is 14.6. The monoisotopic (exact) mass is 314 g/mol. The average Bonchev–Trinajstić information content (AvgIpc) is 2.91. The van der Waals surface area contributed by atoms with Crippen LogP contribution in [0.5, 0.6) is 5.75 Å². The van der Waals surface area contributed by atoms with Gasteiger partial charge in [-0.3, -0.25) is 9.59 Å². The minimum Gasteiger partial charge on any atom is -0.505 e. The number of pyridine rings is 1. The van der Waals surface area contributed by atoms with Crippen molar-refractivity contribution in [1.82, 2.24) is 4.98 Å². The highest BCUT2D eigenvalue weighted by molar-refractivity contribution is 7.17. The second-order valence-electron chi connectivity index (χ2n) is 5.09. The fourth-order valence-electron chi connectivity index (χ4n) is 2.22. The van der Waals surface area contributed by atoms with Gasteiger partial charge < -0.3 is 15.4 Å². The fraction of sp³-hybridized carbons (Fsp3) is 0.125. The van der Waals surface area contributed by atoms with Gasteiger partial charge in [0, 0.05) is 5.69 Å². The third-order valence-electron chi connectivity index (χ3n) is 3.58. The van der Waals surface area contributed by atoms with Crippen LogP contribution in [0.3, 0.4) is 0 Å². The first-order valence-electron chi connectivity index (χ1n) is 6.68. The molecule has 112 valence electrons. The molecule has 1 amide bonds. The molecule has 1 aromatic carbocycles. The summed E-state index contributed by atoms with van der Waals surface area (Å²) in [5.74, 6) is -0.910. The number of hydrogen-bond donors (Lipinski definition) is 3. The van der Waals surface area contributed by atoms with Gasteiger partial charge >= 0.3 is 0 Å². The zero-order chi connectivity index (χ0) is 15.9. The van der Waals surface area contributed by atoms with Crippen LogP contribution in [-0.2, 0) is 0 Å². The van der Waals surface area contributed by atoms with Crippen molar-refractivity contribution in [3.05, 3.63) is 56.7 Å². The Morgan fingerprint density at radius 3 is 2.73 bits per heavy atom. The molecular formula is C16H14N2O3S. The molecule has 0 saturated carbocycles. The van der Waals surface area contributed by atoms with E-state index < -0.39 is 11.5 Å². The first-order valence-corrected chi connectivity index (χ1v) is 7.56. The highest BCUT2D eigenvalue weighted by Gasteiger charge is 2.20. The summed E-state index contributed by atoms with van der Waals surface area (Å²) in [6.45, 7) is 3.91. The highest BCUT2D eigenvalue weighted by atomic mass is 32.1. The summed E-state index contributed by atoms with van der Waals surface area (Å²) in [4.78, 5) is 27.0. The number of anilines is 1. The van der Waals surface area contributed by atoms with Crippen LogP contribution in [0.4, 0.5) is 5.69 Å². The third-order valence-corrected chi connectivity index (χ3v) is 4.51. The topological polar surface area (TPSA) is 82.2 Å². The molecule has 0 radical (unpaired) electrons. The van der Waals surface area contributed by atoms with Crippen LogP contribution in [0.2, 0.25) is 0 Å². The van der Waals surface area contributed by atoms with Crippen molar-refractivity contribution in [2.45, 2.75) is 13.8 Å². The van der Waals surface area contributed by atoms with Gasteiger partial charge in [-0.25, -0.2) is 0 Å². The van der Waals surface area contributed by atoms with Gasteiger partial charge in [-0.2, -0.15) is 0 Å². The number of H-pyrrole nitrogens is 1. The number of fused-ring (bicyclic) bond motifs is 1. The second-order valence-corrected chi connectivity index (χ2v) is 6.01. The zero-order valence-corrected chi connectivity index (χ0v) is 12.9. The Balaban J connectivity index is 2.01. The number of aromatic amines is 1. The molecule has 5 nitrogen and oxygen atoms in total. The quantitative estimate of drug-likeness (QED) is 0.679. The summed E-state index contributed by atoms with van der Waals surface area (Å²) in [6.07, 6.45) is 0. The molecule has 0 bridgehead atoms. The lowest BCUT2D eigenvalue weighted by molar-refractivity contribution is 0.102.